The predicted octanol–water partition coefficient (Wildman–Crippen LogP) is 3.45. The van der Waals surface area contributed by atoms with Crippen LogP contribution in [-0.4, -0.2) is 37.6 Å². The Morgan fingerprint density at radius 2 is 2.00 bits per heavy atom. The average molecular weight is 378 g/mol. The van der Waals surface area contributed by atoms with Crippen LogP contribution in [0.15, 0.2) is 46.7 Å². The second-order valence-corrected chi connectivity index (χ2v) is 9.54. The highest BCUT2D eigenvalue weighted by atomic mass is 32.2. The Morgan fingerprint density at radius 1 is 1.24 bits per heavy atom. The molecule has 1 aromatic carbocycles. The number of amides is 1. The van der Waals surface area contributed by atoms with Gasteiger partial charge >= 0.3 is 0 Å². The van der Waals surface area contributed by atoms with Gasteiger partial charge in [-0.3, -0.25) is 4.79 Å². The number of hydrogen-bond donors (Lipinski definition) is 0. The number of likely N-dealkylation sites (tertiary alicyclic amines) is 1. The van der Waals surface area contributed by atoms with Gasteiger partial charge in [0.15, 0.2) is 9.84 Å². The number of hydrogen-bond acceptors (Lipinski definition) is 4. The minimum atomic E-state index is -3.37. The normalized spacial score (nSPS) is 17.8. The van der Waals surface area contributed by atoms with Crippen molar-refractivity contribution in [2.75, 3.05) is 12.3 Å². The van der Waals surface area contributed by atoms with E-state index in [2.05, 4.69) is 13.0 Å². The first-order chi connectivity index (χ1) is 12.0. The van der Waals surface area contributed by atoms with Crippen LogP contribution in [-0.2, 0) is 21.1 Å². The molecule has 1 aromatic heterocycles. The number of sulfone groups is 1. The maximum absolute atomic E-state index is 12.6. The quantitative estimate of drug-likeness (QED) is 0.775. The summed E-state index contributed by atoms with van der Waals surface area (Å²) in [6.07, 6.45) is 2.81. The van der Waals surface area contributed by atoms with E-state index in [1.807, 2.05) is 5.38 Å². The number of aryl methyl sites for hydroxylation is 2. The highest BCUT2D eigenvalue weighted by Gasteiger charge is 2.32. The monoisotopic (exact) mass is 377 g/mol. The first kappa shape index (κ1) is 18.1. The maximum atomic E-state index is 12.6. The molecule has 1 aliphatic rings. The summed E-state index contributed by atoms with van der Waals surface area (Å²) in [5, 5.41) is 2.04. The summed E-state index contributed by atoms with van der Waals surface area (Å²) in [6, 6.07) is 10.4. The molecule has 1 aliphatic heterocycles. The molecular formula is C19H23NO3S2. The summed E-state index contributed by atoms with van der Waals surface area (Å²) in [6.45, 7) is 2.72. The van der Waals surface area contributed by atoms with E-state index in [9.17, 15) is 13.2 Å². The van der Waals surface area contributed by atoms with Gasteiger partial charge in [-0.15, -0.1) is 11.3 Å². The molecule has 3 rings (SSSR count). The molecule has 25 heavy (non-hydrogen) atoms. The van der Waals surface area contributed by atoms with Crippen molar-refractivity contribution in [3.63, 3.8) is 0 Å². The van der Waals surface area contributed by atoms with Crippen LogP contribution < -0.4 is 0 Å². The fourth-order valence-electron chi connectivity index (χ4n) is 3.34. The molecule has 134 valence electrons. The van der Waals surface area contributed by atoms with Crippen LogP contribution in [0.25, 0.3) is 0 Å². The van der Waals surface area contributed by atoms with Gasteiger partial charge in [-0.1, -0.05) is 18.2 Å². The molecule has 2 heterocycles. The summed E-state index contributed by atoms with van der Waals surface area (Å²) in [7, 11) is -3.37. The Morgan fingerprint density at radius 3 is 2.68 bits per heavy atom. The SMILES string of the molecule is Cc1ccsc1CCC(=O)N1CCCC1CS(=O)(=O)c1ccccc1. The van der Waals surface area contributed by atoms with Crippen molar-refractivity contribution in [2.45, 2.75) is 43.5 Å². The number of thiophene rings is 1. The summed E-state index contributed by atoms with van der Waals surface area (Å²) >= 11 is 1.68. The summed E-state index contributed by atoms with van der Waals surface area (Å²) in [5.74, 6) is 0.0828. The Hall–Kier alpha value is -1.66. The molecule has 1 fully saturated rings. The van der Waals surface area contributed by atoms with Crippen LogP contribution in [0.1, 0.15) is 29.7 Å². The van der Waals surface area contributed by atoms with E-state index in [0.717, 1.165) is 19.3 Å². The second-order valence-electron chi connectivity index (χ2n) is 6.50. The molecule has 0 aliphatic carbocycles. The summed E-state index contributed by atoms with van der Waals surface area (Å²) in [5.41, 5.74) is 1.22. The Labute approximate surface area is 153 Å². The lowest BCUT2D eigenvalue weighted by molar-refractivity contribution is -0.131. The fraction of sp³-hybridized carbons (Fsp3) is 0.421. The van der Waals surface area contributed by atoms with Gasteiger partial charge in [-0.25, -0.2) is 8.42 Å². The third kappa shape index (κ3) is 4.30. The lowest BCUT2D eigenvalue weighted by Crippen LogP contribution is -2.39. The van der Waals surface area contributed by atoms with Crippen LogP contribution in [0, 0.1) is 6.92 Å². The third-order valence-corrected chi connectivity index (χ3v) is 7.64. The van der Waals surface area contributed by atoms with E-state index in [1.54, 1.807) is 46.6 Å². The molecule has 2 aromatic rings. The molecule has 0 N–H and O–H groups in total. The van der Waals surface area contributed by atoms with E-state index < -0.39 is 9.84 Å². The van der Waals surface area contributed by atoms with Crippen molar-refractivity contribution in [1.29, 1.82) is 0 Å². The molecule has 0 saturated carbocycles. The standard InChI is InChI=1S/C19H23NO3S2/c1-15-11-13-24-18(15)9-10-19(21)20-12-5-6-16(20)14-25(22,23)17-7-3-2-4-8-17/h2-4,7-8,11,13,16H,5-6,9-10,12,14H2,1H3. The first-order valence-electron chi connectivity index (χ1n) is 8.57. The third-order valence-electron chi connectivity index (χ3n) is 4.75. The maximum Gasteiger partial charge on any atom is 0.223 e. The zero-order valence-electron chi connectivity index (χ0n) is 14.3. The molecule has 0 radical (unpaired) electrons. The number of carbonyl (C=O) groups excluding carboxylic acids is 1. The van der Waals surface area contributed by atoms with Gasteiger partial charge in [0, 0.05) is 23.9 Å². The Kier molecular flexibility index (Phi) is 5.59. The number of nitrogens with zero attached hydrogens (tertiary/aromatic N) is 1. The van der Waals surface area contributed by atoms with Crippen molar-refractivity contribution in [3.8, 4) is 0 Å². The van der Waals surface area contributed by atoms with Crippen molar-refractivity contribution in [1.82, 2.24) is 4.90 Å². The molecule has 4 nitrogen and oxygen atoms in total. The highest BCUT2D eigenvalue weighted by Crippen LogP contribution is 2.24. The van der Waals surface area contributed by atoms with E-state index >= 15 is 0 Å². The van der Waals surface area contributed by atoms with Crippen LogP contribution in [0.5, 0.6) is 0 Å². The van der Waals surface area contributed by atoms with Crippen LogP contribution >= 0.6 is 11.3 Å². The molecule has 6 heteroatoms. The van der Waals surface area contributed by atoms with Gasteiger partial charge in [0.1, 0.15) is 0 Å². The van der Waals surface area contributed by atoms with E-state index in [-0.39, 0.29) is 17.7 Å². The smallest absolute Gasteiger partial charge is 0.223 e. The number of benzene rings is 1. The van der Waals surface area contributed by atoms with Gasteiger partial charge < -0.3 is 4.90 Å². The van der Waals surface area contributed by atoms with Crippen LogP contribution in [0.2, 0.25) is 0 Å². The number of rotatable bonds is 6. The highest BCUT2D eigenvalue weighted by molar-refractivity contribution is 7.91. The molecule has 0 spiro atoms. The minimum absolute atomic E-state index is 0.0147. The van der Waals surface area contributed by atoms with Gasteiger partial charge in [0.2, 0.25) is 5.91 Å². The van der Waals surface area contributed by atoms with Crippen molar-refractivity contribution < 1.29 is 13.2 Å². The van der Waals surface area contributed by atoms with E-state index in [1.165, 1.54) is 10.4 Å². The molecule has 1 unspecified atom stereocenters. The first-order valence-corrected chi connectivity index (χ1v) is 11.1. The summed E-state index contributed by atoms with van der Waals surface area (Å²) < 4.78 is 25.2. The summed E-state index contributed by atoms with van der Waals surface area (Å²) in [4.78, 5) is 16.0. The fourth-order valence-corrected chi connectivity index (χ4v) is 5.87. The second kappa shape index (κ2) is 7.70. The van der Waals surface area contributed by atoms with Crippen LogP contribution in [0.4, 0.5) is 0 Å². The van der Waals surface area contributed by atoms with Gasteiger partial charge in [-0.05, 0) is 55.3 Å². The predicted molar refractivity (Wildman–Crippen MR) is 101 cm³/mol. The molecule has 0 bridgehead atoms. The topological polar surface area (TPSA) is 54.5 Å². The largest absolute Gasteiger partial charge is 0.339 e. The number of carbonyl (C=O) groups is 1. The molecule has 1 saturated heterocycles. The van der Waals surface area contributed by atoms with Crippen molar-refractivity contribution in [2.24, 2.45) is 0 Å². The van der Waals surface area contributed by atoms with Crippen molar-refractivity contribution in [3.05, 3.63) is 52.2 Å². The zero-order chi connectivity index (χ0) is 17.9. The molecule has 1 atom stereocenters. The Bertz CT molecular complexity index is 827. The van der Waals surface area contributed by atoms with E-state index in [0.29, 0.717) is 17.9 Å². The molecular weight excluding hydrogens is 354 g/mol. The van der Waals surface area contributed by atoms with Gasteiger partial charge in [0.25, 0.3) is 0 Å². The van der Waals surface area contributed by atoms with Crippen molar-refractivity contribution >= 4 is 27.1 Å². The molecule has 1 amide bonds. The van der Waals surface area contributed by atoms with Gasteiger partial charge in [0.05, 0.1) is 10.6 Å². The Balaban J connectivity index is 1.64. The lowest BCUT2D eigenvalue weighted by Gasteiger charge is -2.24. The lowest BCUT2D eigenvalue weighted by atomic mass is 10.2. The van der Waals surface area contributed by atoms with E-state index in [4.69, 9.17) is 0 Å². The van der Waals surface area contributed by atoms with Gasteiger partial charge in [-0.2, -0.15) is 0 Å². The van der Waals surface area contributed by atoms with Crippen LogP contribution in [0.3, 0.4) is 0 Å². The average Bonchev–Trinajstić information content (AvgIpc) is 3.22. The zero-order valence-corrected chi connectivity index (χ0v) is 16.0. The minimum Gasteiger partial charge on any atom is -0.339 e.